The molecule has 0 N–H and O–H groups in total. The molecule has 0 aliphatic rings. The number of methoxy groups -OCH3 is 1. The van der Waals surface area contributed by atoms with Crippen LogP contribution in [0.3, 0.4) is 0 Å². The Morgan fingerprint density at radius 1 is 1.40 bits per heavy atom. The maximum atomic E-state index is 10.5. The van der Waals surface area contributed by atoms with Crippen LogP contribution in [0.5, 0.6) is 0 Å². The first-order valence-corrected chi connectivity index (χ1v) is 3.03. The van der Waals surface area contributed by atoms with Gasteiger partial charge in [-0.25, -0.2) is 9.78 Å². The van der Waals surface area contributed by atoms with E-state index in [9.17, 15) is 4.79 Å². The lowest BCUT2D eigenvalue weighted by atomic mass is 10.3. The largest absolute Gasteiger partial charge is 0.469 e. The highest BCUT2D eigenvalue weighted by Crippen LogP contribution is 1.91. The van der Waals surface area contributed by atoms with Gasteiger partial charge in [0, 0.05) is 6.42 Å². The molecule has 0 saturated carbocycles. The molecule has 0 aromatic carbocycles. The van der Waals surface area contributed by atoms with Gasteiger partial charge < -0.3 is 4.74 Å². The predicted molar refractivity (Wildman–Crippen MR) is 34.2 cm³/mol. The number of hydrogen-bond donors (Lipinski definition) is 0. The average Bonchev–Trinajstić information content (AvgIpc) is 1.98. The monoisotopic (exact) mass is 148 g/mol. The van der Waals surface area contributed by atoms with Gasteiger partial charge in [0.05, 0.1) is 20.8 Å². The quantitative estimate of drug-likeness (QED) is 0.247. The summed E-state index contributed by atoms with van der Waals surface area (Å²) in [6, 6.07) is 0. The molecule has 0 aromatic heterocycles. The zero-order chi connectivity index (χ0) is 7.82. The lowest BCUT2D eigenvalue weighted by Gasteiger charge is -1.98. The smallest absolute Gasteiger partial charge is 0.305 e. The fourth-order valence-corrected chi connectivity index (χ4v) is 0.461. The first-order valence-electron chi connectivity index (χ1n) is 3.03. The lowest BCUT2D eigenvalue weighted by molar-refractivity contribution is -0.272. The molecule has 0 aliphatic heterocycles. The third kappa shape index (κ3) is 5.53. The zero-order valence-corrected chi connectivity index (χ0v) is 6.25. The summed E-state index contributed by atoms with van der Waals surface area (Å²) < 4.78 is 4.40. The Labute approximate surface area is 60.0 Å². The number of ether oxygens (including phenoxy) is 1. The van der Waals surface area contributed by atoms with Crippen molar-refractivity contribution in [3.63, 3.8) is 0 Å². The van der Waals surface area contributed by atoms with E-state index >= 15 is 0 Å². The molecule has 0 spiro atoms. The van der Waals surface area contributed by atoms with Crippen LogP contribution in [-0.2, 0) is 19.3 Å². The molecular weight excluding hydrogens is 136 g/mol. The van der Waals surface area contributed by atoms with E-state index in [-0.39, 0.29) is 5.97 Å². The van der Waals surface area contributed by atoms with Crippen LogP contribution in [0.1, 0.15) is 12.8 Å². The Hall–Kier alpha value is -0.610. The van der Waals surface area contributed by atoms with E-state index in [1.165, 1.54) is 14.2 Å². The Kier molecular flexibility index (Phi) is 6.11. The van der Waals surface area contributed by atoms with E-state index in [0.29, 0.717) is 19.4 Å². The highest BCUT2D eigenvalue weighted by molar-refractivity contribution is 5.68. The predicted octanol–water partition coefficient (Wildman–Crippen LogP) is 0.518. The summed E-state index contributed by atoms with van der Waals surface area (Å²) in [6.07, 6.45) is 1.00. The number of rotatable bonds is 5. The second-order valence-corrected chi connectivity index (χ2v) is 1.67. The molecule has 0 aromatic rings. The minimum absolute atomic E-state index is 0.222. The van der Waals surface area contributed by atoms with Gasteiger partial charge in [0.1, 0.15) is 0 Å². The van der Waals surface area contributed by atoms with Crippen LogP contribution in [-0.4, -0.2) is 26.8 Å². The molecule has 0 amide bonds. The summed E-state index contributed by atoms with van der Waals surface area (Å²) in [5.41, 5.74) is 0. The van der Waals surface area contributed by atoms with Gasteiger partial charge in [-0.1, -0.05) is 0 Å². The van der Waals surface area contributed by atoms with Gasteiger partial charge in [-0.3, -0.25) is 4.79 Å². The van der Waals surface area contributed by atoms with Gasteiger partial charge >= 0.3 is 5.97 Å². The third-order valence-electron chi connectivity index (χ3n) is 0.954. The van der Waals surface area contributed by atoms with Crippen LogP contribution in [0.4, 0.5) is 0 Å². The van der Waals surface area contributed by atoms with Crippen LogP contribution in [0.2, 0.25) is 0 Å². The minimum Gasteiger partial charge on any atom is -0.469 e. The van der Waals surface area contributed by atoms with Crippen LogP contribution in [0, 0.1) is 0 Å². The molecule has 0 saturated heterocycles. The Morgan fingerprint density at radius 3 is 2.60 bits per heavy atom. The van der Waals surface area contributed by atoms with E-state index in [1.54, 1.807) is 0 Å². The normalized spacial score (nSPS) is 9.40. The Balaban J connectivity index is 2.96. The number of carbonyl (C=O) groups excluding carboxylic acids is 1. The van der Waals surface area contributed by atoms with E-state index < -0.39 is 0 Å². The molecule has 4 nitrogen and oxygen atoms in total. The molecule has 0 aliphatic carbocycles. The van der Waals surface area contributed by atoms with E-state index in [2.05, 4.69) is 14.5 Å². The molecule has 0 rings (SSSR count). The van der Waals surface area contributed by atoms with Crippen molar-refractivity contribution in [2.75, 3.05) is 20.8 Å². The topological polar surface area (TPSA) is 44.8 Å². The third-order valence-corrected chi connectivity index (χ3v) is 0.954. The van der Waals surface area contributed by atoms with Gasteiger partial charge in [-0.15, -0.1) is 0 Å². The summed E-state index contributed by atoms with van der Waals surface area (Å²) in [6.45, 7) is 0.422. The van der Waals surface area contributed by atoms with Crippen molar-refractivity contribution in [3.8, 4) is 0 Å². The van der Waals surface area contributed by atoms with Gasteiger partial charge in [-0.05, 0) is 6.42 Å². The first-order chi connectivity index (χ1) is 4.81. The molecule has 0 bridgehead atoms. The Bertz CT molecular complexity index is 91.7. The first kappa shape index (κ1) is 9.39. The van der Waals surface area contributed by atoms with E-state index in [4.69, 9.17) is 0 Å². The van der Waals surface area contributed by atoms with Crippen molar-refractivity contribution in [1.82, 2.24) is 0 Å². The van der Waals surface area contributed by atoms with Crippen LogP contribution in [0.15, 0.2) is 0 Å². The van der Waals surface area contributed by atoms with Crippen molar-refractivity contribution >= 4 is 5.97 Å². The van der Waals surface area contributed by atoms with Crippen LogP contribution < -0.4 is 0 Å². The fourth-order valence-electron chi connectivity index (χ4n) is 0.461. The van der Waals surface area contributed by atoms with Crippen molar-refractivity contribution in [2.45, 2.75) is 12.8 Å². The summed E-state index contributed by atoms with van der Waals surface area (Å²) >= 11 is 0. The number of carbonyl (C=O) groups is 1. The van der Waals surface area contributed by atoms with E-state index in [0.717, 1.165) is 0 Å². The SMILES string of the molecule is COOCCCC(=O)OC. The standard InChI is InChI=1S/C6H12O4/c1-8-6(7)4-3-5-10-9-2/h3-5H2,1-2H3. The molecule has 0 unspecified atom stereocenters. The van der Waals surface area contributed by atoms with Crippen molar-refractivity contribution in [1.29, 1.82) is 0 Å². The molecular formula is C6H12O4. The molecule has 4 heteroatoms. The average molecular weight is 148 g/mol. The Morgan fingerprint density at radius 2 is 2.10 bits per heavy atom. The van der Waals surface area contributed by atoms with Gasteiger partial charge in [0.25, 0.3) is 0 Å². The molecule has 0 radical (unpaired) electrons. The maximum Gasteiger partial charge on any atom is 0.305 e. The minimum atomic E-state index is -0.222. The van der Waals surface area contributed by atoms with E-state index in [1.807, 2.05) is 0 Å². The summed E-state index contributed by atoms with van der Waals surface area (Å²) in [7, 11) is 2.79. The van der Waals surface area contributed by atoms with Crippen LogP contribution in [0.25, 0.3) is 0 Å². The van der Waals surface area contributed by atoms with Gasteiger partial charge in [-0.2, -0.15) is 0 Å². The maximum absolute atomic E-state index is 10.5. The molecule has 0 heterocycles. The number of hydrogen-bond acceptors (Lipinski definition) is 4. The number of esters is 1. The molecule has 0 fully saturated rings. The molecule has 10 heavy (non-hydrogen) atoms. The fraction of sp³-hybridized carbons (Fsp3) is 0.833. The highest BCUT2D eigenvalue weighted by Gasteiger charge is 1.98. The van der Waals surface area contributed by atoms with Crippen molar-refractivity contribution < 1.29 is 19.3 Å². The summed E-state index contributed by atoms with van der Waals surface area (Å²) in [4.78, 5) is 19.3. The van der Waals surface area contributed by atoms with Gasteiger partial charge in [0.2, 0.25) is 0 Å². The second kappa shape index (κ2) is 6.51. The van der Waals surface area contributed by atoms with Crippen molar-refractivity contribution in [2.24, 2.45) is 0 Å². The zero-order valence-electron chi connectivity index (χ0n) is 6.25. The molecule has 60 valence electrons. The summed E-state index contributed by atoms with van der Waals surface area (Å²) in [5.74, 6) is -0.222. The highest BCUT2D eigenvalue weighted by atomic mass is 17.2. The van der Waals surface area contributed by atoms with Crippen molar-refractivity contribution in [3.05, 3.63) is 0 Å². The second-order valence-electron chi connectivity index (χ2n) is 1.67. The molecule has 0 atom stereocenters. The van der Waals surface area contributed by atoms with Crippen LogP contribution >= 0.6 is 0 Å². The lowest BCUT2D eigenvalue weighted by Crippen LogP contribution is -2.02. The summed E-state index contributed by atoms with van der Waals surface area (Å²) in [5, 5.41) is 0. The van der Waals surface area contributed by atoms with Gasteiger partial charge in [0.15, 0.2) is 0 Å².